The van der Waals surface area contributed by atoms with E-state index >= 15 is 0 Å². The second-order valence-electron chi connectivity index (χ2n) is 4.82. The van der Waals surface area contributed by atoms with Crippen LogP contribution in [0.25, 0.3) is 0 Å². The van der Waals surface area contributed by atoms with Gasteiger partial charge in [0.2, 0.25) is 0 Å². The summed E-state index contributed by atoms with van der Waals surface area (Å²) in [7, 11) is 1.45. The number of carbonyl (C=O) groups excluding carboxylic acids is 1. The first-order chi connectivity index (χ1) is 9.69. The van der Waals surface area contributed by atoms with E-state index in [1.165, 1.54) is 37.7 Å². The summed E-state index contributed by atoms with van der Waals surface area (Å²) < 4.78 is 4.73. The summed E-state index contributed by atoms with van der Waals surface area (Å²) in [6, 6.07) is 8.01. The first kappa shape index (κ1) is 16.1. The van der Waals surface area contributed by atoms with Gasteiger partial charge in [0.25, 0.3) is 0 Å². The van der Waals surface area contributed by atoms with E-state index in [0.717, 1.165) is 5.02 Å². The van der Waals surface area contributed by atoms with Crippen LogP contribution in [0.1, 0.15) is 25.7 Å². The zero-order valence-corrected chi connectivity index (χ0v) is 13.9. The predicted octanol–water partition coefficient (Wildman–Crippen LogP) is 4.65. The quantitative estimate of drug-likeness (QED) is 0.734. The lowest BCUT2D eigenvalue weighted by Crippen LogP contribution is -2.25. The number of methoxy groups -OCH3 is 1. The van der Waals surface area contributed by atoms with Crippen LogP contribution >= 0.6 is 35.1 Å². The minimum Gasteiger partial charge on any atom is -0.468 e. The monoisotopic (exact) mass is 330 g/mol. The van der Waals surface area contributed by atoms with Gasteiger partial charge in [0.1, 0.15) is 0 Å². The van der Waals surface area contributed by atoms with Crippen molar-refractivity contribution in [1.82, 2.24) is 0 Å². The van der Waals surface area contributed by atoms with Crippen molar-refractivity contribution in [3.05, 3.63) is 29.3 Å². The van der Waals surface area contributed by atoms with Crippen LogP contribution in [0.5, 0.6) is 0 Å². The summed E-state index contributed by atoms with van der Waals surface area (Å²) in [6.07, 6.45) is 4.94. The highest BCUT2D eigenvalue weighted by Gasteiger charge is 2.27. The van der Waals surface area contributed by atoms with Gasteiger partial charge in [0.15, 0.2) is 0 Å². The van der Waals surface area contributed by atoms with Crippen molar-refractivity contribution >= 4 is 41.1 Å². The molecule has 2 nitrogen and oxygen atoms in total. The predicted molar refractivity (Wildman–Crippen MR) is 87.8 cm³/mol. The summed E-state index contributed by atoms with van der Waals surface area (Å²) in [5, 5.41) is 1.87. The molecule has 5 heteroatoms. The van der Waals surface area contributed by atoms with Crippen LogP contribution in [-0.2, 0) is 9.53 Å². The molecular weight excluding hydrogens is 312 g/mol. The minimum atomic E-state index is -0.129. The van der Waals surface area contributed by atoms with Gasteiger partial charge < -0.3 is 4.74 Å². The molecule has 0 heterocycles. The van der Waals surface area contributed by atoms with Crippen molar-refractivity contribution in [2.75, 3.05) is 12.9 Å². The second-order valence-corrected chi connectivity index (χ2v) is 7.80. The molecule has 0 aliphatic heterocycles. The van der Waals surface area contributed by atoms with E-state index in [2.05, 4.69) is 12.1 Å². The molecule has 0 bridgehead atoms. The Morgan fingerprint density at radius 2 is 1.90 bits per heavy atom. The minimum absolute atomic E-state index is 0.129. The van der Waals surface area contributed by atoms with Gasteiger partial charge in [-0.2, -0.15) is 0 Å². The molecule has 1 aromatic rings. The number of hydrogen-bond donors (Lipinski definition) is 0. The van der Waals surface area contributed by atoms with Crippen molar-refractivity contribution in [2.24, 2.45) is 0 Å². The molecule has 0 spiro atoms. The number of halogens is 1. The molecule has 0 aromatic heterocycles. The van der Waals surface area contributed by atoms with E-state index in [-0.39, 0.29) is 5.97 Å². The summed E-state index contributed by atoms with van der Waals surface area (Å²) in [6.45, 7) is 0. The van der Waals surface area contributed by atoms with E-state index < -0.39 is 0 Å². The maximum Gasteiger partial charge on any atom is 0.315 e. The molecule has 2 unspecified atom stereocenters. The van der Waals surface area contributed by atoms with Crippen molar-refractivity contribution in [3.8, 4) is 0 Å². The van der Waals surface area contributed by atoms with Crippen LogP contribution in [-0.4, -0.2) is 29.3 Å². The van der Waals surface area contributed by atoms with Crippen molar-refractivity contribution < 1.29 is 9.53 Å². The van der Waals surface area contributed by atoms with Crippen LogP contribution < -0.4 is 0 Å². The fourth-order valence-corrected chi connectivity index (χ4v) is 5.21. The molecule has 2 atom stereocenters. The molecule has 1 aliphatic rings. The molecule has 1 aromatic carbocycles. The van der Waals surface area contributed by atoms with Gasteiger partial charge in [-0.3, -0.25) is 4.79 Å². The lowest BCUT2D eigenvalue weighted by Gasteiger charge is -2.30. The largest absolute Gasteiger partial charge is 0.468 e. The Morgan fingerprint density at radius 3 is 2.55 bits per heavy atom. The number of esters is 1. The zero-order chi connectivity index (χ0) is 14.4. The SMILES string of the molecule is COC(=O)CSC1CCCCC1Sc1ccc(Cl)cc1. The highest BCUT2D eigenvalue weighted by Crippen LogP contribution is 2.39. The maximum atomic E-state index is 11.3. The summed E-state index contributed by atoms with van der Waals surface area (Å²) in [4.78, 5) is 12.5. The van der Waals surface area contributed by atoms with Crippen molar-refractivity contribution in [1.29, 1.82) is 0 Å². The van der Waals surface area contributed by atoms with Crippen molar-refractivity contribution in [3.63, 3.8) is 0 Å². The molecule has 0 amide bonds. The first-order valence-electron chi connectivity index (χ1n) is 6.79. The Kier molecular flexibility index (Phi) is 6.59. The number of carbonyl (C=O) groups is 1. The lowest BCUT2D eigenvalue weighted by atomic mass is 10.00. The van der Waals surface area contributed by atoms with Gasteiger partial charge in [0, 0.05) is 20.4 Å². The number of benzene rings is 1. The van der Waals surface area contributed by atoms with Crippen LogP contribution in [0.3, 0.4) is 0 Å². The van der Waals surface area contributed by atoms with Gasteiger partial charge in [-0.15, -0.1) is 23.5 Å². The van der Waals surface area contributed by atoms with Crippen LogP contribution in [0.2, 0.25) is 5.02 Å². The Bertz CT molecular complexity index is 436. The molecule has 20 heavy (non-hydrogen) atoms. The summed E-state index contributed by atoms with van der Waals surface area (Å²) in [5.41, 5.74) is 0. The van der Waals surface area contributed by atoms with Gasteiger partial charge >= 0.3 is 5.97 Å². The Balaban J connectivity index is 1.92. The van der Waals surface area contributed by atoms with Gasteiger partial charge in [0.05, 0.1) is 12.9 Å². The number of rotatable bonds is 5. The van der Waals surface area contributed by atoms with E-state index in [9.17, 15) is 4.79 Å². The summed E-state index contributed by atoms with van der Waals surface area (Å²) >= 11 is 9.57. The molecule has 1 fully saturated rings. The smallest absolute Gasteiger partial charge is 0.315 e. The Hall–Kier alpha value is -0.320. The molecule has 2 rings (SSSR count). The van der Waals surface area contributed by atoms with Crippen LogP contribution in [0, 0.1) is 0 Å². The molecule has 0 N–H and O–H groups in total. The fraction of sp³-hybridized carbons (Fsp3) is 0.533. The zero-order valence-electron chi connectivity index (χ0n) is 11.5. The highest BCUT2D eigenvalue weighted by molar-refractivity contribution is 8.04. The van der Waals surface area contributed by atoms with E-state index in [0.29, 0.717) is 16.3 Å². The summed E-state index contributed by atoms with van der Waals surface area (Å²) in [5.74, 6) is 0.328. The first-order valence-corrected chi connectivity index (χ1v) is 9.10. The highest BCUT2D eigenvalue weighted by atomic mass is 35.5. The van der Waals surface area contributed by atoms with Crippen molar-refractivity contribution in [2.45, 2.75) is 41.1 Å². The number of thioether (sulfide) groups is 2. The van der Waals surface area contributed by atoms with Crippen LogP contribution in [0.4, 0.5) is 0 Å². The average Bonchev–Trinajstić information content (AvgIpc) is 2.48. The number of ether oxygens (including phenoxy) is 1. The third-order valence-corrected chi connectivity index (χ3v) is 6.62. The van der Waals surface area contributed by atoms with E-state index in [1.54, 1.807) is 11.8 Å². The molecule has 0 saturated heterocycles. The van der Waals surface area contributed by atoms with Gasteiger partial charge in [-0.1, -0.05) is 24.4 Å². The normalized spacial score (nSPS) is 22.5. The van der Waals surface area contributed by atoms with Gasteiger partial charge in [-0.25, -0.2) is 0 Å². The third-order valence-electron chi connectivity index (χ3n) is 3.39. The molecule has 0 radical (unpaired) electrons. The Labute approximate surface area is 134 Å². The standard InChI is InChI=1S/C15H19ClO2S2/c1-18-15(17)10-19-13-4-2-3-5-14(13)20-12-8-6-11(16)7-9-12/h6-9,13-14H,2-5,10H2,1H3. The maximum absolute atomic E-state index is 11.3. The molecule has 1 aliphatic carbocycles. The number of hydrogen-bond acceptors (Lipinski definition) is 4. The lowest BCUT2D eigenvalue weighted by molar-refractivity contribution is -0.137. The van der Waals surface area contributed by atoms with Crippen LogP contribution in [0.15, 0.2) is 29.2 Å². The second kappa shape index (κ2) is 8.20. The molecule has 110 valence electrons. The topological polar surface area (TPSA) is 26.3 Å². The van der Waals surface area contributed by atoms with E-state index in [1.807, 2.05) is 23.9 Å². The fourth-order valence-electron chi connectivity index (χ4n) is 2.31. The third kappa shape index (κ3) is 4.90. The Morgan fingerprint density at radius 1 is 1.25 bits per heavy atom. The molecular formula is C15H19ClO2S2. The molecule has 1 saturated carbocycles. The van der Waals surface area contributed by atoms with E-state index in [4.69, 9.17) is 16.3 Å². The van der Waals surface area contributed by atoms with Gasteiger partial charge in [-0.05, 0) is 37.1 Å². The average molecular weight is 331 g/mol.